The topological polar surface area (TPSA) is 101 Å². The Labute approximate surface area is 171 Å². The fourth-order valence-electron chi connectivity index (χ4n) is 3.51. The lowest BCUT2D eigenvalue weighted by Gasteiger charge is -2.27. The van der Waals surface area contributed by atoms with Gasteiger partial charge in [-0.05, 0) is 39.3 Å². The Kier molecular flexibility index (Phi) is 6.52. The van der Waals surface area contributed by atoms with E-state index in [0.717, 1.165) is 27.8 Å². The third kappa shape index (κ3) is 4.58. The summed E-state index contributed by atoms with van der Waals surface area (Å²) < 4.78 is 13.8. The molecule has 156 valence electrons. The maximum absolute atomic E-state index is 6.31. The van der Waals surface area contributed by atoms with Crippen molar-refractivity contribution >= 4 is 33.8 Å². The first-order valence-electron chi connectivity index (χ1n) is 10.0. The molecule has 7 nitrogen and oxygen atoms in total. The standard InChI is InChI=1S/C22H31N5O2/c1-5-7-15-8-9-16-17(12-15)25-21(24)19-20(16)27(18(26-19)13-28-6-2)14-22(3,4)29-11-10-23/h5,7-9,12H,6,10-11,13-14,23H2,1-4H3,(H2,24,25)/b7-5+. The fraction of sp³-hybridized carbons (Fsp3) is 0.455. The number of fused-ring (bicyclic) bond motifs is 3. The molecule has 0 aliphatic rings. The lowest BCUT2D eigenvalue weighted by atomic mass is 10.1. The zero-order chi connectivity index (χ0) is 21.0. The number of imidazole rings is 1. The Balaban J connectivity index is 2.22. The summed E-state index contributed by atoms with van der Waals surface area (Å²) in [4.78, 5) is 9.39. The molecule has 0 radical (unpaired) electrons. The van der Waals surface area contributed by atoms with Gasteiger partial charge in [0.25, 0.3) is 0 Å². The summed E-state index contributed by atoms with van der Waals surface area (Å²) in [6.45, 7) is 10.6. The van der Waals surface area contributed by atoms with Crippen molar-refractivity contribution in [2.24, 2.45) is 5.73 Å². The van der Waals surface area contributed by atoms with Crippen molar-refractivity contribution in [3.05, 3.63) is 35.7 Å². The monoisotopic (exact) mass is 397 g/mol. The number of pyridine rings is 1. The normalized spacial score (nSPS) is 12.6. The van der Waals surface area contributed by atoms with Crippen LogP contribution >= 0.6 is 0 Å². The number of aromatic nitrogens is 3. The van der Waals surface area contributed by atoms with Crippen LogP contribution in [0.3, 0.4) is 0 Å². The van der Waals surface area contributed by atoms with Crippen LogP contribution in [-0.4, -0.2) is 39.9 Å². The highest BCUT2D eigenvalue weighted by atomic mass is 16.5. The molecule has 7 heteroatoms. The van der Waals surface area contributed by atoms with Gasteiger partial charge in [-0.25, -0.2) is 9.97 Å². The predicted octanol–water partition coefficient (Wildman–Crippen LogP) is 3.49. The van der Waals surface area contributed by atoms with E-state index in [1.165, 1.54) is 0 Å². The number of benzene rings is 1. The molecule has 2 heterocycles. The van der Waals surface area contributed by atoms with Gasteiger partial charge in [-0.3, -0.25) is 0 Å². The summed E-state index contributed by atoms with van der Waals surface area (Å²) in [6, 6.07) is 6.20. The highest BCUT2D eigenvalue weighted by Crippen LogP contribution is 2.31. The van der Waals surface area contributed by atoms with Crippen molar-refractivity contribution in [2.45, 2.75) is 46.4 Å². The summed E-state index contributed by atoms with van der Waals surface area (Å²) in [7, 11) is 0. The van der Waals surface area contributed by atoms with Gasteiger partial charge in [0.2, 0.25) is 0 Å². The van der Waals surface area contributed by atoms with Crippen molar-refractivity contribution in [1.29, 1.82) is 0 Å². The smallest absolute Gasteiger partial charge is 0.152 e. The lowest BCUT2D eigenvalue weighted by Crippen LogP contribution is -2.33. The van der Waals surface area contributed by atoms with Crippen LogP contribution in [0.4, 0.5) is 5.82 Å². The molecular formula is C22H31N5O2. The largest absolute Gasteiger partial charge is 0.382 e. The van der Waals surface area contributed by atoms with E-state index in [2.05, 4.69) is 35.5 Å². The predicted molar refractivity (Wildman–Crippen MR) is 119 cm³/mol. The molecule has 3 aromatic rings. The molecule has 0 unspecified atom stereocenters. The number of hydrogen-bond acceptors (Lipinski definition) is 6. The highest BCUT2D eigenvalue weighted by Gasteiger charge is 2.25. The van der Waals surface area contributed by atoms with Gasteiger partial charge in [0.1, 0.15) is 17.9 Å². The Hall–Kier alpha value is -2.48. The first kappa shape index (κ1) is 21.2. The fourth-order valence-corrected chi connectivity index (χ4v) is 3.51. The van der Waals surface area contributed by atoms with Crippen molar-refractivity contribution in [3.8, 4) is 0 Å². The zero-order valence-corrected chi connectivity index (χ0v) is 17.7. The minimum atomic E-state index is -0.427. The van der Waals surface area contributed by atoms with E-state index in [0.29, 0.717) is 44.2 Å². The molecule has 0 bridgehead atoms. The molecule has 29 heavy (non-hydrogen) atoms. The molecule has 0 saturated carbocycles. The second-order valence-electron chi connectivity index (χ2n) is 7.62. The van der Waals surface area contributed by atoms with E-state index in [1.807, 2.05) is 32.1 Å². The zero-order valence-electron chi connectivity index (χ0n) is 17.7. The van der Waals surface area contributed by atoms with Crippen molar-refractivity contribution in [2.75, 3.05) is 25.5 Å². The summed E-state index contributed by atoms with van der Waals surface area (Å²) in [5.74, 6) is 1.23. The van der Waals surface area contributed by atoms with Gasteiger partial charge in [0, 0.05) is 18.5 Å². The van der Waals surface area contributed by atoms with E-state index in [1.54, 1.807) is 0 Å². The summed E-state index contributed by atoms with van der Waals surface area (Å²) in [5.41, 5.74) is 15.1. The van der Waals surface area contributed by atoms with E-state index < -0.39 is 5.60 Å². The molecule has 2 aromatic heterocycles. The molecule has 0 atom stereocenters. The summed E-state index contributed by atoms with van der Waals surface area (Å²) in [6.07, 6.45) is 4.05. The number of anilines is 1. The van der Waals surface area contributed by atoms with E-state index in [4.69, 9.17) is 25.9 Å². The second kappa shape index (κ2) is 8.90. The third-order valence-electron chi connectivity index (χ3n) is 4.75. The van der Waals surface area contributed by atoms with Gasteiger partial charge in [-0.15, -0.1) is 0 Å². The van der Waals surface area contributed by atoms with Gasteiger partial charge < -0.3 is 25.5 Å². The van der Waals surface area contributed by atoms with Gasteiger partial charge in [0.05, 0.1) is 29.8 Å². The SMILES string of the molecule is C/C=C/c1ccc2c(c1)nc(N)c1nc(COCC)n(CC(C)(C)OCCN)c12. The maximum atomic E-state index is 6.31. The molecule has 1 aromatic carbocycles. The molecule has 0 aliphatic carbocycles. The maximum Gasteiger partial charge on any atom is 0.152 e. The first-order valence-corrected chi connectivity index (χ1v) is 10.0. The number of allylic oxidation sites excluding steroid dienone is 1. The van der Waals surface area contributed by atoms with Crippen LogP contribution in [0.25, 0.3) is 28.0 Å². The van der Waals surface area contributed by atoms with Gasteiger partial charge in [-0.1, -0.05) is 24.3 Å². The number of rotatable bonds is 9. The van der Waals surface area contributed by atoms with Crippen molar-refractivity contribution in [1.82, 2.24) is 14.5 Å². The molecule has 0 fully saturated rings. The van der Waals surface area contributed by atoms with Crippen LogP contribution in [-0.2, 0) is 22.6 Å². The number of nitrogens with two attached hydrogens (primary N) is 2. The van der Waals surface area contributed by atoms with Crippen LogP contribution in [0.2, 0.25) is 0 Å². The van der Waals surface area contributed by atoms with E-state index in [9.17, 15) is 0 Å². The molecule has 0 saturated heterocycles. The number of ether oxygens (including phenoxy) is 2. The summed E-state index contributed by atoms with van der Waals surface area (Å²) >= 11 is 0. The Morgan fingerprint density at radius 2 is 2.03 bits per heavy atom. The van der Waals surface area contributed by atoms with Crippen LogP contribution in [0.1, 0.15) is 39.1 Å². The Morgan fingerprint density at radius 3 is 2.72 bits per heavy atom. The van der Waals surface area contributed by atoms with Crippen LogP contribution in [0.5, 0.6) is 0 Å². The highest BCUT2D eigenvalue weighted by molar-refractivity contribution is 6.07. The molecule has 0 aliphatic heterocycles. The Bertz CT molecular complexity index is 1020. The van der Waals surface area contributed by atoms with Crippen LogP contribution in [0, 0.1) is 0 Å². The van der Waals surface area contributed by atoms with Crippen LogP contribution in [0.15, 0.2) is 24.3 Å². The van der Waals surface area contributed by atoms with E-state index >= 15 is 0 Å². The number of nitrogen functional groups attached to an aromatic ring is 1. The third-order valence-corrected chi connectivity index (χ3v) is 4.75. The first-order chi connectivity index (χ1) is 13.9. The summed E-state index contributed by atoms with van der Waals surface area (Å²) in [5, 5.41) is 1.01. The molecule has 4 N–H and O–H groups in total. The molecular weight excluding hydrogens is 366 g/mol. The lowest BCUT2D eigenvalue weighted by molar-refractivity contribution is -0.0258. The van der Waals surface area contributed by atoms with Crippen molar-refractivity contribution < 1.29 is 9.47 Å². The average molecular weight is 398 g/mol. The molecule has 3 rings (SSSR count). The van der Waals surface area contributed by atoms with Gasteiger partial charge in [-0.2, -0.15) is 0 Å². The van der Waals surface area contributed by atoms with Crippen LogP contribution < -0.4 is 11.5 Å². The van der Waals surface area contributed by atoms with Gasteiger partial charge in [0.15, 0.2) is 5.82 Å². The van der Waals surface area contributed by atoms with Gasteiger partial charge >= 0.3 is 0 Å². The van der Waals surface area contributed by atoms with E-state index in [-0.39, 0.29) is 0 Å². The molecule has 0 amide bonds. The van der Waals surface area contributed by atoms with Crippen molar-refractivity contribution in [3.63, 3.8) is 0 Å². The average Bonchev–Trinajstić information content (AvgIpc) is 3.03. The Morgan fingerprint density at radius 1 is 1.24 bits per heavy atom. The number of nitrogens with zero attached hydrogens (tertiary/aromatic N) is 3. The number of hydrogen-bond donors (Lipinski definition) is 2. The quantitative estimate of drug-likeness (QED) is 0.573. The second-order valence-corrected chi connectivity index (χ2v) is 7.62. The minimum absolute atomic E-state index is 0.399. The minimum Gasteiger partial charge on any atom is -0.382 e. The molecule has 0 spiro atoms.